The zero-order valence-corrected chi connectivity index (χ0v) is 23.0. The molecule has 2 aromatic heterocycles. The summed E-state index contributed by atoms with van der Waals surface area (Å²) in [6.45, 7) is 1.84. The molecule has 1 fully saturated rings. The fourth-order valence-electron chi connectivity index (χ4n) is 4.78. The smallest absolute Gasteiger partial charge is 0.219 e. The van der Waals surface area contributed by atoms with Gasteiger partial charge in [0.05, 0.1) is 34.6 Å². The Bertz CT molecular complexity index is 1830. The zero-order valence-electron chi connectivity index (χ0n) is 21.4. The van der Waals surface area contributed by atoms with Crippen molar-refractivity contribution in [1.29, 1.82) is 0 Å². The van der Waals surface area contributed by atoms with Crippen molar-refractivity contribution in [2.45, 2.75) is 37.2 Å². The average molecular weight is 579 g/mol. The average Bonchev–Trinajstić information content (AvgIpc) is 3.60. The Balaban J connectivity index is 1.21. The third-order valence-electron chi connectivity index (χ3n) is 7.06. The van der Waals surface area contributed by atoms with Crippen LogP contribution in [0.2, 0.25) is 5.02 Å². The number of carbonyl (C=O) groups is 1. The molecule has 0 spiro atoms. The van der Waals surface area contributed by atoms with E-state index < -0.39 is 15.7 Å². The monoisotopic (exact) mass is 578 g/mol. The molecule has 0 aliphatic heterocycles. The van der Waals surface area contributed by atoms with Gasteiger partial charge in [0, 0.05) is 28.6 Å². The van der Waals surface area contributed by atoms with Gasteiger partial charge in [-0.2, -0.15) is 5.10 Å². The van der Waals surface area contributed by atoms with E-state index in [2.05, 4.69) is 10.1 Å². The van der Waals surface area contributed by atoms with Gasteiger partial charge >= 0.3 is 0 Å². The summed E-state index contributed by atoms with van der Waals surface area (Å²) >= 11 is 6.02. The summed E-state index contributed by atoms with van der Waals surface area (Å²) in [7, 11) is -3.38. The first kappa shape index (κ1) is 26.2. The number of halogens is 2. The van der Waals surface area contributed by atoms with E-state index in [1.807, 2.05) is 6.92 Å². The molecule has 2 N–H and O–H groups in total. The number of nitrogens with zero attached hydrogens (tertiary/aromatic N) is 3. The summed E-state index contributed by atoms with van der Waals surface area (Å²) < 4.78 is 46.7. The summed E-state index contributed by atoms with van der Waals surface area (Å²) in [5.41, 5.74) is 9.70. The van der Waals surface area contributed by atoms with Gasteiger partial charge in [0.25, 0.3) is 0 Å². The Morgan fingerprint density at radius 1 is 1.20 bits per heavy atom. The number of Topliss-reactive ketones (excluding diaryl/α,β-unsaturated/α-hetero) is 1. The fourth-order valence-corrected chi connectivity index (χ4v) is 6.71. The van der Waals surface area contributed by atoms with Crippen molar-refractivity contribution in [3.05, 3.63) is 99.1 Å². The molecule has 0 atom stereocenters. The van der Waals surface area contributed by atoms with E-state index in [4.69, 9.17) is 22.1 Å². The molecule has 1 saturated carbocycles. The number of ether oxygens (including phenoxy) is 1. The molecule has 2 aromatic carbocycles. The lowest BCUT2D eigenvalue weighted by Gasteiger charge is -2.11. The van der Waals surface area contributed by atoms with Gasteiger partial charge in [-0.3, -0.25) is 4.79 Å². The summed E-state index contributed by atoms with van der Waals surface area (Å²) in [4.78, 5) is 17.7. The van der Waals surface area contributed by atoms with Crippen LogP contribution in [-0.4, -0.2) is 34.2 Å². The molecule has 0 saturated heterocycles. The molecule has 8 nitrogen and oxygen atoms in total. The summed E-state index contributed by atoms with van der Waals surface area (Å²) in [6.07, 6.45) is 6.06. The topological polar surface area (TPSA) is 117 Å². The van der Waals surface area contributed by atoms with E-state index >= 15 is 0 Å². The lowest BCUT2D eigenvalue weighted by Crippen LogP contribution is -2.11. The van der Waals surface area contributed by atoms with E-state index in [-0.39, 0.29) is 40.2 Å². The number of fused-ring (bicyclic) bond motifs is 1. The molecule has 2 aliphatic rings. The molecule has 2 heterocycles. The zero-order chi connectivity index (χ0) is 28.2. The lowest BCUT2D eigenvalue weighted by atomic mass is 10.0. The van der Waals surface area contributed by atoms with Crippen LogP contribution in [-0.2, 0) is 22.0 Å². The van der Waals surface area contributed by atoms with E-state index in [9.17, 15) is 17.6 Å². The van der Waals surface area contributed by atoms with Gasteiger partial charge < -0.3 is 10.5 Å². The molecule has 4 aromatic rings. The summed E-state index contributed by atoms with van der Waals surface area (Å²) in [5.74, 6) is -0.226. The highest BCUT2D eigenvalue weighted by atomic mass is 35.5. The molecular weight excluding hydrogens is 555 g/mol. The highest BCUT2D eigenvalue weighted by Gasteiger charge is 2.36. The summed E-state index contributed by atoms with van der Waals surface area (Å²) in [6, 6.07) is 11.5. The highest BCUT2D eigenvalue weighted by molar-refractivity contribution is 7.91. The van der Waals surface area contributed by atoms with Crippen LogP contribution in [0.15, 0.2) is 60.4 Å². The molecule has 11 heteroatoms. The maximum Gasteiger partial charge on any atom is 0.219 e. The molecule has 0 bridgehead atoms. The number of ketones is 1. The number of allylic oxidation sites excluding steroid dienone is 1. The third-order valence-corrected chi connectivity index (χ3v) is 9.49. The third kappa shape index (κ3) is 5.00. The molecule has 40 heavy (non-hydrogen) atoms. The largest absolute Gasteiger partial charge is 0.439 e. The lowest BCUT2D eigenvalue weighted by molar-refractivity contribution is 0.103. The minimum absolute atomic E-state index is 0.130. The van der Waals surface area contributed by atoms with Gasteiger partial charge in [-0.05, 0) is 66.8 Å². The van der Waals surface area contributed by atoms with Crippen LogP contribution in [0.1, 0.15) is 45.5 Å². The predicted molar refractivity (Wildman–Crippen MR) is 150 cm³/mol. The Morgan fingerprint density at radius 3 is 2.73 bits per heavy atom. The molecule has 0 radical (unpaired) electrons. The second-order valence-corrected chi connectivity index (χ2v) is 12.8. The number of benzene rings is 2. The van der Waals surface area contributed by atoms with Crippen LogP contribution in [0.5, 0.6) is 11.6 Å². The number of nitrogen functional groups attached to an aromatic ring is 1. The maximum absolute atomic E-state index is 14.7. The van der Waals surface area contributed by atoms with Crippen LogP contribution >= 0.6 is 11.6 Å². The number of hydrogen-bond acceptors (Lipinski definition) is 7. The first-order valence-corrected chi connectivity index (χ1v) is 14.7. The number of nitrogens with two attached hydrogens (primary N) is 1. The van der Waals surface area contributed by atoms with Crippen molar-refractivity contribution in [2.24, 2.45) is 0 Å². The van der Waals surface area contributed by atoms with E-state index in [0.717, 1.165) is 5.56 Å². The van der Waals surface area contributed by atoms with Gasteiger partial charge in [-0.1, -0.05) is 23.7 Å². The number of hydrogen-bond donors (Lipinski definition) is 1. The van der Waals surface area contributed by atoms with Crippen molar-refractivity contribution in [3.63, 3.8) is 0 Å². The Kier molecular flexibility index (Phi) is 6.47. The highest BCUT2D eigenvalue weighted by Crippen LogP contribution is 2.35. The normalized spacial score (nSPS) is 14.6. The maximum atomic E-state index is 14.7. The minimum atomic E-state index is -3.38. The number of pyridine rings is 1. The van der Waals surface area contributed by atoms with Crippen LogP contribution in [0, 0.1) is 12.7 Å². The number of aryl methyl sites for hydroxylation is 1. The standard InChI is InChI=1S/C29H24ClFN4O4S/c1-16-7-27(39-22-4-2-3-21(30)12-22)33-14-26(16)35-29(32)24(13-34-35)28(36)19-8-17-10-20(25(31)11-18(17)9-19)15-40(37,38)23-5-6-23/h2-4,7,9-14,23H,5-6,8,15,32H2,1H3. The van der Waals surface area contributed by atoms with Crippen molar-refractivity contribution in [1.82, 2.24) is 14.8 Å². The number of rotatable bonds is 8. The molecular formula is C29H24ClFN4O4S. The van der Waals surface area contributed by atoms with Gasteiger partial charge in [0.1, 0.15) is 17.4 Å². The van der Waals surface area contributed by atoms with Gasteiger partial charge in [-0.25, -0.2) is 22.5 Å². The van der Waals surface area contributed by atoms with Crippen molar-refractivity contribution in [3.8, 4) is 17.3 Å². The van der Waals surface area contributed by atoms with Crippen LogP contribution in [0.4, 0.5) is 10.2 Å². The Hall–Kier alpha value is -4.02. The number of carbonyl (C=O) groups excluding carboxylic acids is 1. The first-order chi connectivity index (χ1) is 19.1. The molecule has 6 rings (SSSR count). The molecule has 0 amide bonds. The molecule has 204 valence electrons. The number of anilines is 1. The predicted octanol–water partition coefficient (Wildman–Crippen LogP) is 5.64. The van der Waals surface area contributed by atoms with E-state index in [0.29, 0.717) is 51.9 Å². The van der Waals surface area contributed by atoms with Gasteiger partial charge in [0.15, 0.2) is 15.6 Å². The second kappa shape index (κ2) is 9.87. The van der Waals surface area contributed by atoms with Crippen molar-refractivity contribution < 1.29 is 22.3 Å². The van der Waals surface area contributed by atoms with Crippen molar-refractivity contribution in [2.75, 3.05) is 5.73 Å². The Morgan fingerprint density at radius 2 is 2.00 bits per heavy atom. The molecule has 2 aliphatic carbocycles. The number of sulfone groups is 1. The van der Waals surface area contributed by atoms with Crippen LogP contribution < -0.4 is 10.5 Å². The van der Waals surface area contributed by atoms with Gasteiger partial charge in [0.2, 0.25) is 5.88 Å². The van der Waals surface area contributed by atoms with E-state index in [1.165, 1.54) is 16.9 Å². The van der Waals surface area contributed by atoms with Crippen LogP contribution in [0.25, 0.3) is 11.8 Å². The molecule has 0 unspecified atom stereocenters. The minimum Gasteiger partial charge on any atom is -0.439 e. The second-order valence-electron chi connectivity index (χ2n) is 10.0. The van der Waals surface area contributed by atoms with Crippen molar-refractivity contribution >= 4 is 39.1 Å². The quantitative estimate of drug-likeness (QED) is 0.269. The van der Waals surface area contributed by atoms with Gasteiger partial charge in [-0.15, -0.1) is 0 Å². The fraction of sp³-hybridized carbons (Fsp3) is 0.207. The SMILES string of the molecule is Cc1cc(Oc2cccc(Cl)c2)ncc1-n1ncc(C(=O)C2=Cc3cc(F)c(CS(=O)(=O)C4CC4)cc3C2)c1N. The number of aromatic nitrogens is 3. The first-order valence-electron chi connectivity index (χ1n) is 12.6. The van der Waals surface area contributed by atoms with E-state index in [1.54, 1.807) is 48.7 Å². The summed E-state index contributed by atoms with van der Waals surface area (Å²) in [5, 5.41) is 4.49. The van der Waals surface area contributed by atoms with Crippen LogP contribution in [0.3, 0.4) is 0 Å². The Labute approximate surface area is 235 Å².